The van der Waals surface area contributed by atoms with Crippen LogP contribution in [0.1, 0.15) is 27.0 Å². The van der Waals surface area contributed by atoms with Gasteiger partial charge in [-0.2, -0.15) is 0 Å². The lowest BCUT2D eigenvalue weighted by Crippen LogP contribution is -2.21. The van der Waals surface area contributed by atoms with E-state index in [0.29, 0.717) is 16.5 Å². The van der Waals surface area contributed by atoms with Crippen LogP contribution in [0.3, 0.4) is 0 Å². The monoisotopic (exact) mass is 347 g/mol. The Morgan fingerprint density at radius 1 is 1.12 bits per heavy atom. The fourth-order valence-electron chi connectivity index (χ4n) is 2.30. The number of aromatic carboxylic acids is 1. The summed E-state index contributed by atoms with van der Waals surface area (Å²) in [4.78, 5) is 23.1. The van der Waals surface area contributed by atoms with Gasteiger partial charge in [0.05, 0.1) is 10.6 Å². The van der Waals surface area contributed by atoms with Gasteiger partial charge in [-0.25, -0.2) is 4.79 Å². The number of carbonyl (C=O) groups excluding carboxylic acids is 1. The van der Waals surface area contributed by atoms with E-state index < -0.39 is 11.9 Å². The maximum absolute atomic E-state index is 12.1. The minimum absolute atomic E-state index is 0.106. The molecular formula is C18H18ClNO4. The summed E-state index contributed by atoms with van der Waals surface area (Å²) in [5.41, 5.74) is 3.16. The summed E-state index contributed by atoms with van der Waals surface area (Å²) in [6.45, 7) is 5.34. The maximum Gasteiger partial charge on any atom is 0.335 e. The number of carbonyl (C=O) groups is 2. The van der Waals surface area contributed by atoms with Gasteiger partial charge in [-0.15, -0.1) is 0 Å². The quantitative estimate of drug-likeness (QED) is 0.857. The van der Waals surface area contributed by atoms with Crippen LogP contribution >= 0.6 is 11.6 Å². The van der Waals surface area contributed by atoms with E-state index in [2.05, 4.69) is 5.32 Å². The summed E-state index contributed by atoms with van der Waals surface area (Å²) in [5, 5.41) is 12.1. The summed E-state index contributed by atoms with van der Waals surface area (Å²) in [6, 6.07) is 8.22. The van der Waals surface area contributed by atoms with Crippen LogP contribution in [-0.4, -0.2) is 23.6 Å². The van der Waals surface area contributed by atoms with Gasteiger partial charge in [-0.1, -0.05) is 23.7 Å². The zero-order chi connectivity index (χ0) is 17.9. The Morgan fingerprint density at radius 3 is 2.46 bits per heavy atom. The number of amides is 1. The lowest BCUT2D eigenvalue weighted by Gasteiger charge is -2.13. The number of rotatable bonds is 5. The molecule has 0 unspecified atom stereocenters. The number of hydrogen-bond acceptors (Lipinski definition) is 3. The topological polar surface area (TPSA) is 75.6 Å². The predicted molar refractivity (Wildman–Crippen MR) is 93.2 cm³/mol. The molecule has 1 amide bonds. The third-order valence-electron chi connectivity index (χ3n) is 3.48. The van der Waals surface area contributed by atoms with Crippen molar-refractivity contribution in [2.45, 2.75) is 20.8 Å². The average molecular weight is 348 g/mol. The molecule has 2 aromatic rings. The van der Waals surface area contributed by atoms with Crippen molar-refractivity contribution in [3.05, 3.63) is 57.6 Å². The first-order valence-electron chi connectivity index (χ1n) is 7.31. The molecule has 5 nitrogen and oxygen atoms in total. The van der Waals surface area contributed by atoms with Crippen LogP contribution in [0.4, 0.5) is 5.69 Å². The van der Waals surface area contributed by atoms with Crippen LogP contribution in [0, 0.1) is 20.8 Å². The summed E-state index contributed by atoms with van der Waals surface area (Å²) >= 11 is 6.14. The van der Waals surface area contributed by atoms with Crippen LogP contribution in [0.2, 0.25) is 5.02 Å². The van der Waals surface area contributed by atoms with Gasteiger partial charge in [-0.3, -0.25) is 4.79 Å². The van der Waals surface area contributed by atoms with Crippen LogP contribution in [0.25, 0.3) is 0 Å². The second-order valence-electron chi connectivity index (χ2n) is 5.56. The Bertz CT molecular complexity index is 779. The molecule has 24 heavy (non-hydrogen) atoms. The summed E-state index contributed by atoms with van der Waals surface area (Å²) in [6.07, 6.45) is 0. The smallest absolute Gasteiger partial charge is 0.335 e. The van der Waals surface area contributed by atoms with Crippen molar-refractivity contribution in [2.75, 3.05) is 11.9 Å². The van der Waals surface area contributed by atoms with Gasteiger partial charge >= 0.3 is 5.97 Å². The Kier molecular flexibility index (Phi) is 5.46. The fraction of sp³-hybridized carbons (Fsp3) is 0.222. The molecule has 2 rings (SSSR count). The highest BCUT2D eigenvalue weighted by Crippen LogP contribution is 2.29. The van der Waals surface area contributed by atoms with E-state index in [4.69, 9.17) is 21.4 Å². The van der Waals surface area contributed by atoms with E-state index in [0.717, 1.165) is 16.7 Å². The maximum atomic E-state index is 12.1. The van der Waals surface area contributed by atoms with Gasteiger partial charge in [0.2, 0.25) is 0 Å². The number of anilines is 1. The molecule has 0 aliphatic carbocycles. The number of hydrogen-bond donors (Lipinski definition) is 2. The van der Waals surface area contributed by atoms with Crippen molar-refractivity contribution in [3.63, 3.8) is 0 Å². The Balaban J connectivity index is 2.07. The van der Waals surface area contributed by atoms with Crippen LogP contribution < -0.4 is 10.1 Å². The second kappa shape index (κ2) is 7.36. The lowest BCUT2D eigenvalue weighted by molar-refractivity contribution is -0.118. The molecule has 6 heteroatoms. The van der Waals surface area contributed by atoms with Crippen molar-refractivity contribution >= 4 is 29.2 Å². The number of halogens is 1. The molecule has 0 spiro atoms. The first-order valence-corrected chi connectivity index (χ1v) is 7.69. The van der Waals surface area contributed by atoms with E-state index in [-0.39, 0.29) is 12.2 Å². The van der Waals surface area contributed by atoms with Gasteiger partial charge in [-0.05, 0) is 55.7 Å². The molecule has 0 aliphatic heterocycles. The number of carboxylic acids is 1. The zero-order valence-electron chi connectivity index (χ0n) is 13.6. The Morgan fingerprint density at radius 2 is 1.83 bits per heavy atom. The van der Waals surface area contributed by atoms with Gasteiger partial charge in [0.15, 0.2) is 6.61 Å². The normalized spacial score (nSPS) is 10.3. The average Bonchev–Trinajstić information content (AvgIpc) is 2.48. The third-order valence-corrected chi connectivity index (χ3v) is 3.76. The van der Waals surface area contributed by atoms with Crippen molar-refractivity contribution in [2.24, 2.45) is 0 Å². The lowest BCUT2D eigenvalue weighted by atomic mass is 10.1. The molecule has 0 radical (unpaired) electrons. The molecule has 0 fully saturated rings. The van der Waals surface area contributed by atoms with Gasteiger partial charge in [0.25, 0.3) is 5.91 Å². The van der Waals surface area contributed by atoms with E-state index >= 15 is 0 Å². The van der Waals surface area contributed by atoms with E-state index in [1.807, 2.05) is 19.9 Å². The number of ether oxygens (including phenoxy) is 1. The first kappa shape index (κ1) is 17.8. The molecule has 0 aromatic heterocycles. The second-order valence-corrected chi connectivity index (χ2v) is 5.97. The van der Waals surface area contributed by atoms with Crippen molar-refractivity contribution < 1.29 is 19.4 Å². The third kappa shape index (κ3) is 4.26. The zero-order valence-corrected chi connectivity index (χ0v) is 14.4. The number of carboxylic acid groups (broad SMARTS) is 1. The van der Waals surface area contributed by atoms with Crippen molar-refractivity contribution in [3.8, 4) is 5.75 Å². The molecule has 126 valence electrons. The fourth-order valence-corrected chi connectivity index (χ4v) is 2.67. The summed E-state index contributed by atoms with van der Waals surface area (Å²) in [7, 11) is 0. The predicted octanol–water partition coefficient (Wildman–Crippen LogP) is 3.98. The van der Waals surface area contributed by atoms with Crippen molar-refractivity contribution in [1.82, 2.24) is 0 Å². The van der Waals surface area contributed by atoms with Crippen LogP contribution in [0.5, 0.6) is 5.75 Å². The first-order chi connectivity index (χ1) is 11.3. The van der Waals surface area contributed by atoms with E-state index in [1.165, 1.54) is 12.1 Å². The number of aryl methyl sites for hydroxylation is 3. The van der Waals surface area contributed by atoms with Gasteiger partial charge in [0.1, 0.15) is 5.75 Å². The standard InChI is InChI=1S/C18H18ClNO4/c1-10-6-12(3)17(14(19)7-10)24-9-16(21)20-15-8-13(18(22)23)5-4-11(15)2/h4-8H,9H2,1-3H3,(H,20,21)(H,22,23). The highest BCUT2D eigenvalue weighted by atomic mass is 35.5. The molecular weight excluding hydrogens is 330 g/mol. The molecule has 0 saturated carbocycles. The highest BCUT2D eigenvalue weighted by molar-refractivity contribution is 6.32. The van der Waals surface area contributed by atoms with E-state index in [1.54, 1.807) is 19.1 Å². The summed E-state index contributed by atoms with van der Waals surface area (Å²) < 4.78 is 5.51. The molecule has 2 N–H and O–H groups in total. The van der Waals surface area contributed by atoms with Crippen LogP contribution in [0.15, 0.2) is 30.3 Å². The van der Waals surface area contributed by atoms with Gasteiger partial charge in [0, 0.05) is 5.69 Å². The Labute approximate surface area is 145 Å². The molecule has 0 bridgehead atoms. The molecule has 0 aliphatic rings. The highest BCUT2D eigenvalue weighted by Gasteiger charge is 2.12. The number of benzene rings is 2. The molecule has 0 atom stereocenters. The largest absolute Gasteiger partial charge is 0.482 e. The molecule has 0 saturated heterocycles. The Hall–Kier alpha value is -2.53. The molecule has 2 aromatic carbocycles. The van der Waals surface area contributed by atoms with Crippen molar-refractivity contribution in [1.29, 1.82) is 0 Å². The minimum Gasteiger partial charge on any atom is -0.482 e. The summed E-state index contributed by atoms with van der Waals surface area (Å²) in [5.74, 6) is -0.978. The minimum atomic E-state index is -1.05. The van der Waals surface area contributed by atoms with Gasteiger partial charge < -0.3 is 15.2 Å². The number of nitrogens with one attached hydrogen (secondary N) is 1. The molecule has 0 heterocycles. The van der Waals surface area contributed by atoms with E-state index in [9.17, 15) is 9.59 Å². The van der Waals surface area contributed by atoms with Crippen LogP contribution in [-0.2, 0) is 4.79 Å². The SMILES string of the molecule is Cc1cc(C)c(OCC(=O)Nc2cc(C(=O)O)ccc2C)c(Cl)c1.